The van der Waals surface area contributed by atoms with Crippen LogP contribution in [0.2, 0.25) is 0 Å². The normalized spacial score (nSPS) is 12.3. The maximum Gasteiger partial charge on any atom is 0.146 e. The van der Waals surface area contributed by atoms with Gasteiger partial charge in [0.25, 0.3) is 0 Å². The van der Waals surface area contributed by atoms with E-state index in [0.717, 1.165) is 44.3 Å². The molecule has 0 bridgehead atoms. The molecule has 5 aromatic heterocycles. The maximum atomic E-state index is 5.21. The number of fused-ring (bicyclic) bond motifs is 16. The van der Waals surface area contributed by atoms with Gasteiger partial charge in [-0.25, -0.2) is 4.98 Å². The molecule has 0 saturated heterocycles. The fourth-order valence-corrected chi connectivity index (χ4v) is 8.02. The molecule has 0 radical (unpaired) electrons. The second kappa shape index (κ2) is 9.05. The molecule has 218 valence electrons. The van der Waals surface area contributed by atoms with Crippen LogP contribution in [-0.4, -0.2) is 23.5 Å². The van der Waals surface area contributed by atoms with Crippen molar-refractivity contribution in [2.75, 3.05) is 0 Å². The lowest BCUT2D eigenvalue weighted by Gasteiger charge is -2.13. The second-order valence-electron chi connectivity index (χ2n) is 12.3. The van der Waals surface area contributed by atoms with E-state index in [4.69, 9.17) is 4.98 Å². The highest BCUT2D eigenvalue weighted by atomic mass is 15.0. The van der Waals surface area contributed by atoms with Crippen molar-refractivity contribution >= 4 is 82.0 Å². The summed E-state index contributed by atoms with van der Waals surface area (Å²) in [6, 6.07) is 50.0. The van der Waals surface area contributed by atoms with Crippen LogP contribution in [0, 0.1) is 0 Å². The Kier molecular flexibility index (Phi) is 4.78. The molecule has 0 saturated carbocycles. The van der Waals surface area contributed by atoms with Gasteiger partial charge in [0.15, 0.2) is 0 Å². The van der Waals surface area contributed by atoms with Crippen molar-refractivity contribution in [2.24, 2.45) is 0 Å². The van der Waals surface area contributed by atoms with Gasteiger partial charge in [-0.1, -0.05) is 78.9 Å². The average Bonchev–Trinajstić information content (AvgIpc) is 3.80. The van der Waals surface area contributed by atoms with Crippen LogP contribution in [0.3, 0.4) is 0 Å². The number of pyridine rings is 2. The van der Waals surface area contributed by atoms with Gasteiger partial charge < -0.3 is 9.13 Å². The fraction of sp³-hybridized carbons (Fsp3) is 0. The summed E-state index contributed by atoms with van der Waals surface area (Å²) in [6.45, 7) is 0. The maximum absolute atomic E-state index is 5.21. The van der Waals surface area contributed by atoms with Gasteiger partial charge in [0.1, 0.15) is 5.65 Å². The highest BCUT2D eigenvalue weighted by Crippen LogP contribution is 2.45. The third-order valence-electron chi connectivity index (χ3n) is 9.87. The summed E-state index contributed by atoms with van der Waals surface area (Å²) >= 11 is 0. The molecule has 6 aromatic carbocycles. The molecule has 0 spiro atoms. The molecule has 11 aromatic rings. The average molecular weight is 600 g/mol. The lowest BCUT2D eigenvalue weighted by atomic mass is 10.0. The van der Waals surface area contributed by atoms with E-state index in [1.165, 1.54) is 49.0 Å². The summed E-state index contributed by atoms with van der Waals surface area (Å²) in [4.78, 5) is 9.82. The second-order valence-corrected chi connectivity index (χ2v) is 12.3. The topological polar surface area (TPSA) is 40.1 Å². The van der Waals surface area contributed by atoms with Crippen LogP contribution in [0.25, 0.3) is 93.3 Å². The zero-order valence-electron chi connectivity index (χ0n) is 25.2. The summed E-state index contributed by atoms with van der Waals surface area (Å²) in [6.07, 6.45) is 3.89. The summed E-state index contributed by atoms with van der Waals surface area (Å²) in [7, 11) is 0. The number of imidazole rings is 1. The first-order valence-electron chi connectivity index (χ1n) is 15.9. The van der Waals surface area contributed by atoms with E-state index in [1.54, 1.807) is 0 Å². The number of hydrogen-bond donors (Lipinski definition) is 0. The Morgan fingerprint density at radius 2 is 1.02 bits per heavy atom. The quantitative estimate of drug-likeness (QED) is 0.186. The van der Waals surface area contributed by atoms with Crippen LogP contribution < -0.4 is 0 Å². The van der Waals surface area contributed by atoms with Gasteiger partial charge in [-0.3, -0.25) is 9.38 Å². The molecule has 5 heterocycles. The summed E-state index contributed by atoms with van der Waals surface area (Å²) in [5, 5.41) is 8.38. The van der Waals surface area contributed by atoms with Gasteiger partial charge >= 0.3 is 0 Å². The number of hydrogen-bond acceptors (Lipinski definition) is 2. The minimum Gasteiger partial charge on any atom is -0.309 e. The first kappa shape index (κ1) is 24.8. The SMILES string of the molecule is c1ccc(-n2c3ccccc3c3c2ccc2c4ccc5c(c6ccncc6n6c7ccccc7nc56)c4n(-c4ccccc4)c23)cc1. The highest BCUT2D eigenvalue weighted by molar-refractivity contribution is 6.32. The van der Waals surface area contributed by atoms with E-state index >= 15 is 0 Å². The van der Waals surface area contributed by atoms with Gasteiger partial charge in [-0.05, 0) is 60.7 Å². The summed E-state index contributed by atoms with van der Waals surface area (Å²) in [5.74, 6) is 0. The van der Waals surface area contributed by atoms with Crippen LogP contribution >= 0.6 is 0 Å². The Morgan fingerprint density at radius 1 is 0.404 bits per heavy atom. The predicted octanol–water partition coefficient (Wildman–Crippen LogP) is 10.4. The molecule has 0 atom stereocenters. The lowest BCUT2D eigenvalue weighted by Crippen LogP contribution is -1.97. The Bertz CT molecular complexity index is 3060. The number of rotatable bonds is 2. The zero-order valence-corrected chi connectivity index (χ0v) is 25.2. The van der Waals surface area contributed by atoms with Gasteiger partial charge in [0, 0.05) is 55.3 Å². The van der Waals surface area contributed by atoms with Gasteiger partial charge in [-0.2, -0.15) is 0 Å². The monoisotopic (exact) mass is 599 g/mol. The van der Waals surface area contributed by atoms with Crippen molar-refractivity contribution in [3.63, 3.8) is 0 Å². The van der Waals surface area contributed by atoms with Crippen molar-refractivity contribution < 1.29 is 0 Å². The third kappa shape index (κ3) is 3.17. The molecule has 47 heavy (non-hydrogen) atoms. The lowest BCUT2D eigenvalue weighted by molar-refractivity contribution is 1.18. The molecule has 11 rings (SSSR count). The van der Waals surface area contributed by atoms with Gasteiger partial charge in [0.2, 0.25) is 0 Å². The molecular formula is C42H25N5. The van der Waals surface area contributed by atoms with Crippen molar-refractivity contribution in [1.29, 1.82) is 0 Å². The Hall–Kier alpha value is -6.46. The van der Waals surface area contributed by atoms with Crippen molar-refractivity contribution in [3.05, 3.63) is 152 Å². The molecule has 0 aliphatic carbocycles. The van der Waals surface area contributed by atoms with E-state index in [-0.39, 0.29) is 0 Å². The molecular weight excluding hydrogens is 574 g/mol. The fourth-order valence-electron chi connectivity index (χ4n) is 8.02. The van der Waals surface area contributed by atoms with Crippen LogP contribution in [0.5, 0.6) is 0 Å². The molecule has 0 fully saturated rings. The molecule has 0 amide bonds. The van der Waals surface area contributed by atoms with Crippen LogP contribution in [0.15, 0.2) is 152 Å². The van der Waals surface area contributed by atoms with E-state index in [9.17, 15) is 0 Å². The van der Waals surface area contributed by atoms with E-state index in [0.29, 0.717) is 0 Å². The largest absolute Gasteiger partial charge is 0.309 e. The minimum absolute atomic E-state index is 0.944. The Morgan fingerprint density at radius 3 is 1.83 bits per heavy atom. The van der Waals surface area contributed by atoms with Crippen molar-refractivity contribution in [3.8, 4) is 11.4 Å². The minimum atomic E-state index is 0.944. The number of benzene rings is 6. The van der Waals surface area contributed by atoms with Gasteiger partial charge in [0.05, 0.1) is 44.8 Å². The summed E-state index contributed by atoms with van der Waals surface area (Å²) in [5.41, 5.74) is 11.1. The van der Waals surface area contributed by atoms with E-state index in [1.807, 2.05) is 12.4 Å². The Balaban J connectivity index is 1.44. The van der Waals surface area contributed by atoms with Crippen molar-refractivity contribution in [1.82, 2.24) is 23.5 Å². The van der Waals surface area contributed by atoms with Crippen LogP contribution in [0.1, 0.15) is 0 Å². The van der Waals surface area contributed by atoms with Gasteiger partial charge in [-0.15, -0.1) is 0 Å². The smallest absolute Gasteiger partial charge is 0.146 e. The van der Waals surface area contributed by atoms with E-state index in [2.05, 4.69) is 158 Å². The zero-order chi connectivity index (χ0) is 30.6. The molecule has 0 unspecified atom stereocenters. The molecule has 0 aliphatic rings. The Labute approximate surface area is 268 Å². The number of aromatic nitrogens is 5. The standard InChI is InChI=1S/C42H25N5/c1-3-11-26(12-4-1)45-34-17-9-7-15-30(34)39-36(45)22-21-29-28-19-20-32-38(40(28)46(41(29)39)27-13-5-2-6-14-27)31-23-24-43-25-37(31)47-35-18-10-8-16-33(35)44-42(32)47/h1-25H. The first-order chi connectivity index (χ1) is 23.4. The first-order valence-corrected chi connectivity index (χ1v) is 15.9. The molecule has 0 aliphatic heterocycles. The van der Waals surface area contributed by atoms with Crippen LogP contribution in [-0.2, 0) is 0 Å². The van der Waals surface area contributed by atoms with E-state index < -0.39 is 0 Å². The summed E-state index contributed by atoms with van der Waals surface area (Å²) < 4.78 is 7.17. The van der Waals surface area contributed by atoms with Crippen LogP contribution in [0.4, 0.5) is 0 Å². The third-order valence-corrected chi connectivity index (χ3v) is 9.87. The number of para-hydroxylation sites is 5. The molecule has 5 heteroatoms. The molecule has 0 N–H and O–H groups in total. The van der Waals surface area contributed by atoms with Crippen molar-refractivity contribution in [2.45, 2.75) is 0 Å². The highest BCUT2D eigenvalue weighted by Gasteiger charge is 2.24. The molecule has 5 nitrogen and oxygen atoms in total. The predicted molar refractivity (Wildman–Crippen MR) is 194 cm³/mol. The number of nitrogens with zero attached hydrogens (tertiary/aromatic N) is 5.